The van der Waals surface area contributed by atoms with E-state index in [1.165, 1.54) is 56.3 Å². The molecule has 1 unspecified atom stereocenters. The Balaban J connectivity index is 1.81. The fourth-order valence-electron chi connectivity index (χ4n) is 4.23. The summed E-state index contributed by atoms with van der Waals surface area (Å²) in [6.45, 7) is 10.4. The van der Waals surface area contributed by atoms with E-state index in [-0.39, 0.29) is 0 Å². The molecule has 2 aliphatic rings. The molecule has 1 heterocycles. The van der Waals surface area contributed by atoms with Crippen LogP contribution in [0.4, 0.5) is 0 Å². The Kier molecular flexibility index (Phi) is 4.37. The lowest BCUT2D eigenvalue weighted by Crippen LogP contribution is -2.50. The Hall–Kier alpha value is -0.860. The van der Waals surface area contributed by atoms with Crippen molar-refractivity contribution in [3.63, 3.8) is 0 Å². The van der Waals surface area contributed by atoms with E-state index in [4.69, 9.17) is 0 Å². The molecule has 2 nitrogen and oxygen atoms in total. The number of rotatable bonds is 2. The fourth-order valence-corrected chi connectivity index (χ4v) is 4.23. The van der Waals surface area contributed by atoms with E-state index in [2.05, 4.69) is 49.2 Å². The molecule has 21 heavy (non-hydrogen) atoms. The molecule has 2 heteroatoms. The highest BCUT2D eigenvalue weighted by Crippen LogP contribution is 2.33. The van der Waals surface area contributed by atoms with E-state index >= 15 is 0 Å². The van der Waals surface area contributed by atoms with E-state index in [0.717, 1.165) is 6.54 Å². The van der Waals surface area contributed by atoms with Crippen molar-refractivity contribution in [2.75, 3.05) is 13.1 Å². The zero-order valence-corrected chi connectivity index (χ0v) is 13.9. The SMILES string of the molecule is Cc1cccc(C)c1CN1CC2(CCCC2)NCCC1C. The molecule has 0 amide bonds. The maximum absolute atomic E-state index is 3.89. The second-order valence-corrected chi connectivity index (χ2v) is 7.33. The highest BCUT2D eigenvalue weighted by Gasteiger charge is 2.38. The third-order valence-electron chi connectivity index (χ3n) is 5.76. The first-order valence-electron chi connectivity index (χ1n) is 8.64. The summed E-state index contributed by atoms with van der Waals surface area (Å²) in [6.07, 6.45) is 6.80. The minimum absolute atomic E-state index is 0.404. The van der Waals surface area contributed by atoms with Gasteiger partial charge in [0.2, 0.25) is 0 Å². The number of hydrogen-bond donors (Lipinski definition) is 1. The molecule has 1 spiro atoms. The maximum atomic E-state index is 3.89. The van der Waals surface area contributed by atoms with Crippen LogP contribution in [0.15, 0.2) is 18.2 Å². The minimum atomic E-state index is 0.404. The molecule has 116 valence electrons. The van der Waals surface area contributed by atoms with E-state index in [1.54, 1.807) is 5.56 Å². The fraction of sp³-hybridized carbons (Fsp3) is 0.684. The first-order valence-corrected chi connectivity index (χ1v) is 8.64. The predicted molar refractivity (Wildman–Crippen MR) is 89.6 cm³/mol. The highest BCUT2D eigenvalue weighted by atomic mass is 15.2. The van der Waals surface area contributed by atoms with Gasteiger partial charge in [-0.2, -0.15) is 0 Å². The topological polar surface area (TPSA) is 15.3 Å². The minimum Gasteiger partial charge on any atom is -0.310 e. The second-order valence-electron chi connectivity index (χ2n) is 7.33. The predicted octanol–water partition coefficient (Wildman–Crippen LogP) is 3.80. The summed E-state index contributed by atoms with van der Waals surface area (Å²) in [6, 6.07) is 7.37. The molecular formula is C19H30N2. The van der Waals surface area contributed by atoms with Gasteiger partial charge in [0, 0.05) is 24.7 Å². The van der Waals surface area contributed by atoms with Gasteiger partial charge >= 0.3 is 0 Å². The molecule has 3 rings (SSSR count). The maximum Gasteiger partial charge on any atom is 0.0309 e. The van der Waals surface area contributed by atoms with Crippen molar-refractivity contribution in [2.24, 2.45) is 0 Å². The monoisotopic (exact) mass is 286 g/mol. The molecule has 1 saturated carbocycles. The van der Waals surface area contributed by atoms with Crippen molar-refractivity contribution in [3.05, 3.63) is 34.9 Å². The van der Waals surface area contributed by atoms with Crippen LogP contribution in [-0.4, -0.2) is 29.6 Å². The van der Waals surface area contributed by atoms with E-state index < -0.39 is 0 Å². The summed E-state index contributed by atoms with van der Waals surface area (Å²) in [5.41, 5.74) is 4.83. The first-order chi connectivity index (χ1) is 10.1. The van der Waals surface area contributed by atoms with Crippen LogP contribution in [0.25, 0.3) is 0 Å². The third-order valence-corrected chi connectivity index (χ3v) is 5.76. The van der Waals surface area contributed by atoms with Gasteiger partial charge in [-0.3, -0.25) is 4.90 Å². The van der Waals surface area contributed by atoms with Gasteiger partial charge in [0.15, 0.2) is 0 Å². The van der Waals surface area contributed by atoms with Gasteiger partial charge in [-0.15, -0.1) is 0 Å². The van der Waals surface area contributed by atoms with Crippen molar-refractivity contribution >= 4 is 0 Å². The summed E-state index contributed by atoms with van der Waals surface area (Å²) in [4.78, 5) is 2.74. The Morgan fingerprint density at radius 1 is 1.19 bits per heavy atom. The van der Waals surface area contributed by atoms with Gasteiger partial charge in [0.1, 0.15) is 0 Å². The van der Waals surface area contributed by atoms with Gasteiger partial charge < -0.3 is 5.32 Å². The molecule has 0 aromatic heterocycles. The Morgan fingerprint density at radius 3 is 2.52 bits per heavy atom. The van der Waals surface area contributed by atoms with Crippen molar-refractivity contribution in [2.45, 2.75) is 71.0 Å². The quantitative estimate of drug-likeness (QED) is 0.889. The van der Waals surface area contributed by atoms with Crippen LogP contribution < -0.4 is 5.32 Å². The van der Waals surface area contributed by atoms with Gasteiger partial charge in [-0.25, -0.2) is 0 Å². The van der Waals surface area contributed by atoms with Crippen LogP contribution in [0.1, 0.15) is 55.7 Å². The van der Waals surface area contributed by atoms with Crippen LogP contribution >= 0.6 is 0 Å². The Morgan fingerprint density at radius 2 is 1.86 bits per heavy atom. The Bertz CT molecular complexity index is 468. The smallest absolute Gasteiger partial charge is 0.0309 e. The summed E-state index contributed by atoms with van der Waals surface area (Å²) in [7, 11) is 0. The van der Waals surface area contributed by atoms with Gasteiger partial charge in [-0.1, -0.05) is 31.0 Å². The van der Waals surface area contributed by atoms with Gasteiger partial charge in [0.05, 0.1) is 0 Å². The second kappa shape index (κ2) is 6.10. The lowest BCUT2D eigenvalue weighted by molar-refractivity contribution is 0.159. The summed E-state index contributed by atoms with van der Waals surface area (Å²) in [5.74, 6) is 0. The van der Waals surface area contributed by atoms with E-state index in [0.29, 0.717) is 11.6 Å². The molecule has 1 aliphatic carbocycles. The summed E-state index contributed by atoms with van der Waals surface area (Å²) >= 11 is 0. The molecule has 1 aromatic rings. The standard InChI is InChI=1S/C19H30N2/c1-15-7-6-8-16(2)18(15)13-21-14-19(10-4-5-11-19)20-12-9-17(21)3/h6-8,17,20H,4-5,9-14H2,1-3H3. The largest absolute Gasteiger partial charge is 0.310 e. The lowest BCUT2D eigenvalue weighted by atomic mass is 9.96. The first kappa shape index (κ1) is 15.1. The average Bonchev–Trinajstić information content (AvgIpc) is 2.84. The normalized spacial score (nSPS) is 26.1. The molecular weight excluding hydrogens is 256 g/mol. The molecule has 0 bridgehead atoms. The third kappa shape index (κ3) is 3.17. The van der Waals surface area contributed by atoms with E-state index in [9.17, 15) is 0 Å². The van der Waals surface area contributed by atoms with Crippen molar-refractivity contribution in [1.82, 2.24) is 10.2 Å². The van der Waals surface area contributed by atoms with Crippen molar-refractivity contribution < 1.29 is 0 Å². The molecule has 1 saturated heterocycles. The lowest BCUT2D eigenvalue weighted by Gasteiger charge is -2.36. The summed E-state index contributed by atoms with van der Waals surface area (Å²) < 4.78 is 0. The van der Waals surface area contributed by atoms with Crippen LogP contribution in [0.5, 0.6) is 0 Å². The van der Waals surface area contributed by atoms with Crippen LogP contribution in [-0.2, 0) is 6.54 Å². The zero-order valence-electron chi connectivity index (χ0n) is 13.9. The molecule has 1 N–H and O–H groups in total. The summed E-state index contributed by atoms with van der Waals surface area (Å²) in [5, 5.41) is 3.89. The van der Waals surface area contributed by atoms with Crippen LogP contribution in [0.2, 0.25) is 0 Å². The molecule has 2 fully saturated rings. The average molecular weight is 286 g/mol. The number of hydrogen-bond acceptors (Lipinski definition) is 2. The van der Waals surface area contributed by atoms with Gasteiger partial charge in [0.25, 0.3) is 0 Å². The zero-order chi connectivity index (χ0) is 14.9. The number of nitrogens with zero attached hydrogens (tertiary/aromatic N) is 1. The van der Waals surface area contributed by atoms with Crippen LogP contribution in [0, 0.1) is 13.8 Å². The van der Waals surface area contributed by atoms with Crippen molar-refractivity contribution in [1.29, 1.82) is 0 Å². The van der Waals surface area contributed by atoms with Gasteiger partial charge in [-0.05, 0) is 63.3 Å². The molecule has 1 aromatic carbocycles. The van der Waals surface area contributed by atoms with Crippen molar-refractivity contribution in [3.8, 4) is 0 Å². The number of aryl methyl sites for hydroxylation is 2. The number of benzene rings is 1. The van der Waals surface area contributed by atoms with E-state index in [1.807, 2.05) is 0 Å². The number of nitrogens with one attached hydrogen (secondary N) is 1. The highest BCUT2D eigenvalue weighted by molar-refractivity contribution is 5.33. The molecule has 1 aliphatic heterocycles. The Labute approximate surface area is 129 Å². The van der Waals surface area contributed by atoms with Crippen LogP contribution in [0.3, 0.4) is 0 Å². The molecule has 0 radical (unpaired) electrons. The molecule has 1 atom stereocenters.